The lowest BCUT2D eigenvalue weighted by molar-refractivity contribution is 0.104. The molecule has 0 saturated carbocycles. The van der Waals surface area contributed by atoms with Crippen molar-refractivity contribution in [1.29, 1.82) is 0 Å². The number of thiophene rings is 1. The molecule has 1 N–H and O–H groups in total. The maximum Gasteiger partial charge on any atom is 0.269 e. The van der Waals surface area contributed by atoms with E-state index in [9.17, 15) is 13.2 Å². The van der Waals surface area contributed by atoms with Gasteiger partial charge in [-0.25, -0.2) is 8.42 Å². The molecule has 0 spiro atoms. The maximum absolute atomic E-state index is 12.4. The van der Waals surface area contributed by atoms with E-state index in [4.69, 9.17) is 0 Å². The molecule has 108 valence electrons. The predicted molar refractivity (Wildman–Crippen MR) is 81.9 cm³/mol. The highest BCUT2D eigenvalue weighted by atomic mass is 32.2. The Balaban J connectivity index is 2.04. The summed E-state index contributed by atoms with van der Waals surface area (Å²) in [7, 11) is -2.39. The van der Waals surface area contributed by atoms with Crippen LogP contribution in [0.1, 0.15) is 9.67 Å². The summed E-state index contributed by atoms with van der Waals surface area (Å²) < 4.78 is 25.9. The number of ketones is 1. The minimum absolute atomic E-state index is 0.267. The summed E-state index contributed by atoms with van der Waals surface area (Å²) in [6.45, 7) is 0. The third-order valence-corrected chi connectivity index (χ3v) is 5.78. The average Bonchev–Trinajstić information content (AvgIpc) is 2.95. The highest BCUT2D eigenvalue weighted by Gasteiger charge is 2.39. The SMILES string of the molecule is CN1c2ccsc2C(=O)/C(=C\Nc2ccncc2)S1(=O)=O. The zero-order valence-corrected chi connectivity index (χ0v) is 12.6. The smallest absolute Gasteiger partial charge is 0.269 e. The van der Waals surface area contributed by atoms with E-state index in [0.717, 1.165) is 4.31 Å². The zero-order chi connectivity index (χ0) is 15.0. The van der Waals surface area contributed by atoms with Crippen LogP contribution in [-0.2, 0) is 10.0 Å². The second-order valence-electron chi connectivity index (χ2n) is 4.33. The molecule has 0 aromatic carbocycles. The van der Waals surface area contributed by atoms with Gasteiger partial charge in [-0.15, -0.1) is 11.3 Å². The van der Waals surface area contributed by atoms with Crippen LogP contribution < -0.4 is 9.62 Å². The van der Waals surface area contributed by atoms with Gasteiger partial charge < -0.3 is 5.32 Å². The Morgan fingerprint density at radius 2 is 2.00 bits per heavy atom. The number of nitrogens with zero attached hydrogens (tertiary/aromatic N) is 2. The predicted octanol–water partition coefficient (Wildman–Crippen LogP) is 2.06. The lowest BCUT2D eigenvalue weighted by Gasteiger charge is -2.25. The van der Waals surface area contributed by atoms with E-state index in [1.165, 1.54) is 24.6 Å². The van der Waals surface area contributed by atoms with Gasteiger partial charge in [0.05, 0.1) is 5.69 Å². The van der Waals surface area contributed by atoms with Gasteiger partial charge in [0, 0.05) is 31.3 Å². The second-order valence-corrected chi connectivity index (χ2v) is 7.18. The van der Waals surface area contributed by atoms with Gasteiger partial charge in [-0.3, -0.25) is 14.1 Å². The molecule has 1 aliphatic rings. The van der Waals surface area contributed by atoms with Crippen molar-refractivity contribution in [2.75, 3.05) is 16.7 Å². The standard InChI is InChI=1S/C13H11N3O3S2/c1-16-10-4-7-20-13(10)12(17)11(21(16,18)19)8-15-9-2-5-14-6-3-9/h2-8H,1H3,(H,14,15)/b11-8+. The number of allylic oxidation sites excluding steroid dienone is 1. The highest BCUT2D eigenvalue weighted by molar-refractivity contribution is 7.97. The normalized spacial score (nSPS) is 18.6. The molecule has 0 radical (unpaired) electrons. The van der Waals surface area contributed by atoms with Crippen molar-refractivity contribution in [2.45, 2.75) is 0 Å². The number of carbonyl (C=O) groups excluding carboxylic acids is 1. The molecule has 6 nitrogen and oxygen atoms in total. The van der Waals surface area contributed by atoms with Gasteiger partial charge in [0.25, 0.3) is 10.0 Å². The van der Waals surface area contributed by atoms with E-state index in [-0.39, 0.29) is 4.91 Å². The summed E-state index contributed by atoms with van der Waals surface area (Å²) >= 11 is 1.23. The topological polar surface area (TPSA) is 79.4 Å². The van der Waals surface area contributed by atoms with Gasteiger partial charge in [0.15, 0.2) is 4.91 Å². The van der Waals surface area contributed by atoms with E-state index in [2.05, 4.69) is 10.3 Å². The van der Waals surface area contributed by atoms with E-state index >= 15 is 0 Å². The van der Waals surface area contributed by atoms with Crippen LogP contribution in [-0.4, -0.2) is 26.2 Å². The minimum atomic E-state index is -3.83. The molecule has 3 heterocycles. The molecule has 0 amide bonds. The van der Waals surface area contributed by atoms with Crippen LogP contribution in [0.25, 0.3) is 0 Å². The lowest BCUT2D eigenvalue weighted by atomic mass is 10.2. The fourth-order valence-corrected chi connectivity index (χ4v) is 4.21. The molecule has 8 heteroatoms. The summed E-state index contributed by atoms with van der Waals surface area (Å²) in [6, 6.07) is 4.98. The first-order valence-corrected chi connectivity index (χ1v) is 8.31. The fraction of sp³-hybridized carbons (Fsp3) is 0.0769. The summed E-state index contributed by atoms with van der Waals surface area (Å²) in [5.74, 6) is -0.486. The average molecular weight is 321 g/mol. The van der Waals surface area contributed by atoms with Gasteiger partial charge in [-0.05, 0) is 23.6 Å². The summed E-state index contributed by atoms with van der Waals surface area (Å²) in [5, 5.41) is 4.52. The van der Waals surface area contributed by atoms with Crippen LogP contribution in [0, 0.1) is 0 Å². The fourth-order valence-electron chi connectivity index (χ4n) is 1.96. The van der Waals surface area contributed by atoms with Crippen molar-refractivity contribution in [3.05, 3.63) is 52.0 Å². The molecule has 0 saturated heterocycles. The van der Waals surface area contributed by atoms with Gasteiger partial charge in [0.2, 0.25) is 5.78 Å². The van der Waals surface area contributed by atoms with Crippen molar-refractivity contribution in [1.82, 2.24) is 4.98 Å². The second kappa shape index (κ2) is 4.97. The highest BCUT2D eigenvalue weighted by Crippen LogP contribution is 2.37. The number of fused-ring (bicyclic) bond motifs is 1. The molecular formula is C13H11N3O3S2. The van der Waals surface area contributed by atoms with Gasteiger partial charge in [0.1, 0.15) is 4.88 Å². The van der Waals surface area contributed by atoms with Crippen LogP contribution in [0.2, 0.25) is 0 Å². The number of carbonyl (C=O) groups is 1. The number of hydrogen-bond donors (Lipinski definition) is 1. The molecular weight excluding hydrogens is 310 g/mol. The summed E-state index contributed by atoms with van der Waals surface area (Å²) in [5.41, 5.74) is 1.08. The van der Waals surface area contributed by atoms with E-state index in [0.29, 0.717) is 16.3 Å². The summed E-state index contributed by atoms with van der Waals surface area (Å²) in [6.07, 6.45) is 4.37. The van der Waals surface area contributed by atoms with Crippen LogP contribution in [0.4, 0.5) is 11.4 Å². The molecule has 2 aromatic rings. The Morgan fingerprint density at radius 3 is 2.71 bits per heavy atom. The minimum Gasteiger partial charge on any atom is -0.360 e. The summed E-state index contributed by atoms with van der Waals surface area (Å²) in [4.78, 5) is 16.4. The van der Waals surface area contributed by atoms with Crippen LogP contribution in [0.3, 0.4) is 0 Å². The van der Waals surface area contributed by atoms with E-state index in [1.54, 1.807) is 36.0 Å². The molecule has 0 unspecified atom stereocenters. The van der Waals surface area contributed by atoms with E-state index in [1.807, 2.05) is 0 Å². The molecule has 0 fully saturated rings. The number of hydrogen-bond acceptors (Lipinski definition) is 6. The zero-order valence-electron chi connectivity index (χ0n) is 11.0. The number of sulfonamides is 1. The Kier molecular flexibility index (Phi) is 3.26. The molecule has 0 aliphatic carbocycles. The molecule has 21 heavy (non-hydrogen) atoms. The van der Waals surface area contributed by atoms with Crippen molar-refractivity contribution in [3.8, 4) is 0 Å². The number of pyridine rings is 1. The van der Waals surface area contributed by atoms with Crippen molar-refractivity contribution >= 4 is 38.5 Å². The third kappa shape index (κ3) is 2.22. The third-order valence-electron chi connectivity index (χ3n) is 3.10. The van der Waals surface area contributed by atoms with Crippen LogP contribution >= 0.6 is 11.3 Å². The Morgan fingerprint density at radius 1 is 1.29 bits per heavy atom. The lowest BCUT2D eigenvalue weighted by Crippen LogP contribution is -2.35. The molecule has 3 rings (SSSR count). The number of anilines is 2. The van der Waals surface area contributed by atoms with Gasteiger partial charge in [-0.2, -0.15) is 0 Å². The van der Waals surface area contributed by atoms with Crippen molar-refractivity contribution in [3.63, 3.8) is 0 Å². The van der Waals surface area contributed by atoms with Crippen molar-refractivity contribution in [2.24, 2.45) is 0 Å². The maximum atomic E-state index is 12.4. The van der Waals surface area contributed by atoms with Gasteiger partial charge in [-0.1, -0.05) is 0 Å². The number of rotatable bonds is 2. The Hall–Kier alpha value is -2.19. The van der Waals surface area contributed by atoms with Crippen LogP contribution in [0.15, 0.2) is 47.1 Å². The first kappa shape index (κ1) is 13.8. The Labute approximate surface area is 125 Å². The Bertz CT molecular complexity index is 825. The van der Waals surface area contributed by atoms with E-state index < -0.39 is 15.8 Å². The first-order valence-electron chi connectivity index (χ1n) is 5.99. The monoisotopic (exact) mass is 321 g/mol. The first-order chi connectivity index (χ1) is 10.0. The van der Waals surface area contributed by atoms with Crippen molar-refractivity contribution < 1.29 is 13.2 Å². The molecule has 1 aliphatic heterocycles. The molecule has 0 atom stereocenters. The number of aromatic nitrogens is 1. The van der Waals surface area contributed by atoms with Gasteiger partial charge >= 0.3 is 0 Å². The molecule has 2 aromatic heterocycles. The van der Waals surface area contributed by atoms with Crippen LogP contribution in [0.5, 0.6) is 0 Å². The number of nitrogens with one attached hydrogen (secondary N) is 1. The largest absolute Gasteiger partial charge is 0.360 e. The molecule has 0 bridgehead atoms. The number of Topliss-reactive ketones (excluding diaryl/α,β-unsaturated/α-hetero) is 1. The quantitative estimate of drug-likeness (QED) is 0.857.